The smallest absolute Gasteiger partial charge is 0.0328 e. The second kappa shape index (κ2) is 5.48. The minimum atomic E-state index is 0.246. The zero-order chi connectivity index (χ0) is 11.4. The van der Waals surface area contributed by atoms with E-state index in [9.17, 15) is 0 Å². The number of nitrogens with zero attached hydrogens (tertiary/aromatic N) is 1. The van der Waals surface area contributed by atoms with Crippen molar-refractivity contribution in [1.82, 2.24) is 10.2 Å². The van der Waals surface area contributed by atoms with E-state index < -0.39 is 0 Å². The maximum absolute atomic E-state index is 5.97. The van der Waals surface area contributed by atoms with E-state index in [-0.39, 0.29) is 5.54 Å². The van der Waals surface area contributed by atoms with Crippen molar-refractivity contribution in [1.29, 1.82) is 0 Å². The normalized spacial score (nSPS) is 26.6. The summed E-state index contributed by atoms with van der Waals surface area (Å²) in [6.07, 6.45) is 8.16. The van der Waals surface area contributed by atoms with Gasteiger partial charge in [-0.25, -0.2) is 0 Å². The van der Waals surface area contributed by atoms with Gasteiger partial charge in [0.1, 0.15) is 0 Å². The van der Waals surface area contributed by atoms with Gasteiger partial charge in [-0.15, -0.1) is 0 Å². The second-order valence-corrected chi connectivity index (χ2v) is 5.80. The fraction of sp³-hybridized carbons (Fsp3) is 1.00. The van der Waals surface area contributed by atoms with Gasteiger partial charge >= 0.3 is 0 Å². The lowest BCUT2D eigenvalue weighted by atomic mass is 9.82. The molecule has 0 amide bonds. The molecule has 16 heavy (non-hydrogen) atoms. The number of piperidine rings is 1. The molecule has 1 saturated heterocycles. The van der Waals surface area contributed by atoms with Crippen molar-refractivity contribution in [2.75, 3.05) is 33.2 Å². The molecule has 0 atom stereocenters. The third-order valence-electron chi connectivity index (χ3n) is 4.61. The van der Waals surface area contributed by atoms with E-state index >= 15 is 0 Å². The SMILES string of the molecule is CN1CCC(CN)(NCCC2CCC2)CC1. The molecule has 3 heteroatoms. The van der Waals surface area contributed by atoms with Gasteiger partial charge in [0.2, 0.25) is 0 Å². The third-order valence-corrected chi connectivity index (χ3v) is 4.61. The van der Waals surface area contributed by atoms with Crippen LogP contribution in [0.3, 0.4) is 0 Å². The molecular formula is C13H27N3. The Balaban J connectivity index is 1.71. The van der Waals surface area contributed by atoms with E-state index in [0.29, 0.717) is 0 Å². The minimum absolute atomic E-state index is 0.246. The lowest BCUT2D eigenvalue weighted by Gasteiger charge is -2.41. The van der Waals surface area contributed by atoms with Crippen molar-refractivity contribution in [2.24, 2.45) is 11.7 Å². The number of nitrogens with two attached hydrogens (primary N) is 1. The average Bonchev–Trinajstić information content (AvgIpc) is 2.25. The highest BCUT2D eigenvalue weighted by Gasteiger charge is 2.31. The molecule has 0 aromatic rings. The van der Waals surface area contributed by atoms with E-state index in [1.807, 2.05) is 0 Å². The van der Waals surface area contributed by atoms with E-state index in [2.05, 4.69) is 17.3 Å². The van der Waals surface area contributed by atoms with Gasteiger partial charge in [0.15, 0.2) is 0 Å². The first kappa shape index (κ1) is 12.3. The molecule has 0 bridgehead atoms. The van der Waals surface area contributed by atoms with Crippen LogP contribution in [0.4, 0.5) is 0 Å². The summed E-state index contributed by atoms with van der Waals surface area (Å²) >= 11 is 0. The number of rotatable bonds is 5. The van der Waals surface area contributed by atoms with Crippen LogP contribution in [0.2, 0.25) is 0 Å². The van der Waals surface area contributed by atoms with Crippen LogP contribution >= 0.6 is 0 Å². The first-order chi connectivity index (χ1) is 7.74. The number of hydrogen-bond donors (Lipinski definition) is 2. The molecule has 0 spiro atoms. The number of hydrogen-bond acceptors (Lipinski definition) is 3. The van der Waals surface area contributed by atoms with Crippen molar-refractivity contribution in [3.05, 3.63) is 0 Å². The molecule has 1 saturated carbocycles. The summed E-state index contributed by atoms with van der Waals surface area (Å²) in [6.45, 7) is 4.35. The highest BCUT2D eigenvalue weighted by molar-refractivity contribution is 4.93. The van der Waals surface area contributed by atoms with Crippen LogP contribution in [-0.2, 0) is 0 Å². The van der Waals surface area contributed by atoms with Gasteiger partial charge in [0.25, 0.3) is 0 Å². The summed E-state index contributed by atoms with van der Waals surface area (Å²) in [5.74, 6) is 1.01. The van der Waals surface area contributed by atoms with Crippen LogP contribution < -0.4 is 11.1 Å². The Morgan fingerprint density at radius 2 is 2.00 bits per heavy atom. The Morgan fingerprint density at radius 3 is 2.50 bits per heavy atom. The van der Waals surface area contributed by atoms with Crippen molar-refractivity contribution < 1.29 is 0 Å². The molecule has 0 unspecified atom stereocenters. The molecule has 3 N–H and O–H groups in total. The molecule has 2 aliphatic rings. The summed E-state index contributed by atoms with van der Waals surface area (Å²) in [6, 6.07) is 0. The molecule has 1 aliphatic heterocycles. The maximum Gasteiger partial charge on any atom is 0.0328 e. The summed E-state index contributed by atoms with van der Waals surface area (Å²) in [5, 5.41) is 3.75. The van der Waals surface area contributed by atoms with E-state index in [1.165, 1.54) is 58.2 Å². The first-order valence-electron chi connectivity index (χ1n) is 6.88. The van der Waals surface area contributed by atoms with E-state index in [4.69, 9.17) is 5.73 Å². The lowest BCUT2D eigenvalue weighted by molar-refractivity contribution is 0.156. The summed E-state index contributed by atoms with van der Waals surface area (Å²) < 4.78 is 0. The Morgan fingerprint density at radius 1 is 1.31 bits per heavy atom. The quantitative estimate of drug-likeness (QED) is 0.738. The first-order valence-corrected chi connectivity index (χ1v) is 6.88. The monoisotopic (exact) mass is 225 g/mol. The van der Waals surface area contributed by atoms with Crippen molar-refractivity contribution in [3.8, 4) is 0 Å². The molecule has 94 valence electrons. The minimum Gasteiger partial charge on any atom is -0.329 e. The van der Waals surface area contributed by atoms with Crippen LogP contribution in [-0.4, -0.2) is 43.7 Å². The second-order valence-electron chi connectivity index (χ2n) is 5.80. The fourth-order valence-electron chi connectivity index (χ4n) is 2.82. The Hall–Kier alpha value is -0.120. The summed E-state index contributed by atoms with van der Waals surface area (Å²) in [7, 11) is 2.20. The van der Waals surface area contributed by atoms with Crippen molar-refractivity contribution >= 4 is 0 Å². The topological polar surface area (TPSA) is 41.3 Å². The van der Waals surface area contributed by atoms with Crippen LogP contribution in [0.25, 0.3) is 0 Å². The third kappa shape index (κ3) is 2.96. The lowest BCUT2D eigenvalue weighted by Crippen LogP contribution is -2.57. The Bertz CT molecular complexity index is 205. The molecule has 3 nitrogen and oxygen atoms in total. The summed E-state index contributed by atoms with van der Waals surface area (Å²) in [5.41, 5.74) is 6.21. The Kier molecular flexibility index (Phi) is 4.22. The van der Waals surface area contributed by atoms with Gasteiger partial charge in [-0.05, 0) is 51.9 Å². The maximum atomic E-state index is 5.97. The van der Waals surface area contributed by atoms with Gasteiger partial charge in [-0.3, -0.25) is 0 Å². The van der Waals surface area contributed by atoms with Crippen LogP contribution in [0.15, 0.2) is 0 Å². The van der Waals surface area contributed by atoms with Crippen LogP contribution in [0, 0.1) is 5.92 Å². The highest BCUT2D eigenvalue weighted by Crippen LogP contribution is 2.29. The standard InChI is InChI=1S/C13H27N3/c1-16-9-6-13(11-14,7-10-16)15-8-5-12-3-2-4-12/h12,15H,2-11,14H2,1H3. The number of nitrogens with one attached hydrogen (secondary N) is 1. The zero-order valence-corrected chi connectivity index (χ0v) is 10.7. The molecular weight excluding hydrogens is 198 g/mol. The predicted octanol–water partition coefficient (Wildman–Crippen LogP) is 1.19. The average molecular weight is 225 g/mol. The molecule has 0 aromatic heterocycles. The Labute approximate surface area is 99.8 Å². The zero-order valence-electron chi connectivity index (χ0n) is 10.7. The summed E-state index contributed by atoms with van der Waals surface area (Å²) in [4.78, 5) is 2.40. The molecule has 0 radical (unpaired) electrons. The fourth-order valence-corrected chi connectivity index (χ4v) is 2.82. The molecule has 1 aliphatic carbocycles. The van der Waals surface area contributed by atoms with Crippen LogP contribution in [0.1, 0.15) is 38.5 Å². The van der Waals surface area contributed by atoms with Gasteiger partial charge in [-0.1, -0.05) is 19.3 Å². The number of likely N-dealkylation sites (tertiary alicyclic amines) is 1. The highest BCUT2D eigenvalue weighted by atomic mass is 15.1. The van der Waals surface area contributed by atoms with Crippen LogP contribution in [0.5, 0.6) is 0 Å². The molecule has 0 aromatic carbocycles. The predicted molar refractivity (Wildman–Crippen MR) is 68.5 cm³/mol. The largest absolute Gasteiger partial charge is 0.329 e. The molecule has 2 rings (SSSR count). The van der Waals surface area contributed by atoms with E-state index in [1.54, 1.807) is 0 Å². The van der Waals surface area contributed by atoms with Crippen molar-refractivity contribution in [3.63, 3.8) is 0 Å². The van der Waals surface area contributed by atoms with Gasteiger partial charge < -0.3 is 16.0 Å². The molecule has 2 fully saturated rings. The molecule has 1 heterocycles. The van der Waals surface area contributed by atoms with Gasteiger partial charge in [0, 0.05) is 12.1 Å². The van der Waals surface area contributed by atoms with Crippen molar-refractivity contribution in [2.45, 2.75) is 44.1 Å². The van der Waals surface area contributed by atoms with Gasteiger partial charge in [-0.2, -0.15) is 0 Å². The van der Waals surface area contributed by atoms with Gasteiger partial charge in [0.05, 0.1) is 0 Å². The van der Waals surface area contributed by atoms with E-state index in [0.717, 1.165) is 12.5 Å².